The summed E-state index contributed by atoms with van der Waals surface area (Å²) < 4.78 is 12.8. The SMILES string of the molecule is CC1CC(C2CC(=O)c3cc(Br)ccc3O2)CC(C)O1. The van der Waals surface area contributed by atoms with Crippen LogP contribution in [0.3, 0.4) is 0 Å². The summed E-state index contributed by atoms with van der Waals surface area (Å²) in [7, 11) is 0. The molecule has 2 heterocycles. The number of fused-ring (bicyclic) bond motifs is 1. The van der Waals surface area contributed by atoms with E-state index in [1.807, 2.05) is 18.2 Å². The molecule has 1 fully saturated rings. The molecule has 3 atom stereocenters. The van der Waals surface area contributed by atoms with Gasteiger partial charge in [-0.15, -0.1) is 0 Å². The van der Waals surface area contributed by atoms with Gasteiger partial charge in [-0.25, -0.2) is 0 Å². The first-order valence-electron chi connectivity index (χ1n) is 7.18. The van der Waals surface area contributed by atoms with Crippen LogP contribution >= 0.6 is 15.9 Å². The molecule has 1 saturated heterocycles. The third-order valence-corrected chi connectivity index (χ3v) is 4.66. The van der Waals surface area contributed by atoms with Gasteiger partial charge in [0.15, 0.2) is 5.78 Å². The number of carbonyl (C=O) groups is 1. The van der Waals surface area contributed by atoms with E-state index in [0.717, 1.165) is 23.1 Å². The number of hydrogen-bond acceptors (Lipinski definition) is 3. The second-order valence-electron chi connectivity index (χ2n) is 5.91. The minimum Gasteiger partial charge on any atom is -0.489 e. The first kappa shape index (κ1) is 14.1. The molecule has 3 unspecified atom stereocenters. The summed E-state index contributed by atoms with van der Waals surface area (Å²) in [4.78, 5) is 12.3. The molecule has 108 valence electrons. The van der Waals surface area contributed by atoms with Gasteiger partial charge in [-0.2, -0.15) is 0 Å². The van der Waals surface area contributed by atoms with Crippen LogP contribution in [-0.2, 0) is 4.74 Å². The van der Waals surface area contributed by atoms with Crippen LogP contribution in [0.5, 0.6) is 5.75 Å². The van der Waals surface area contributed by atoms with E-state index in [1.165, 1.54) is 0 Å². The molecular weight excluding hydrogens is 320 g/mol. The molecule has 4 heteroatoms. The summed E-state index contributed by atoms with van der Waals surface area (Å²) >= 11 is 3.40. The van der Waals surface area contributed by atoms with E-state index in [-0.39, 0.29) is 24.1 Å². The third kappa shape index (κ3) is 2.77. The number of rotatable bonds is 1. The molecule has 2 aliphatic rings. The van der Waals surface area contributed by atoms with Crippen molar-refractivity contribution in [1.29, 1.82) is 0 Å². The Hall–Kier alpha value is -0.870. The molecule has 2 aliphatic heterocycles. The van der Waals surface area contributed by atoms with E-state index in [1.54, 1.807) is 0 Å². The van der Waals surface area contributed by atoms with Gasteiger partial charge < -0.3 is 9.47 Å². The van der Waals surface area contributed by atoms with E-state index >= 15 is 0 Å². The van der Waals surface area contributed by atoms with Crippen molar-refractivity contribution >= 4 is 21.7 Å². The van der Waals surface area contributed by atoms with E-state index in [4.69, 9.17) is 9.47 Å². The van der Waals surface area contributed by atoms with Crippen molar-refractivity contribution in [1.82, 2.24) is 0 Å². The standard InChI is InChI=1S/C16H19BrO3/c1-9-5-11(6-10(2)19-9)16-8-14(18)13-7-12(17)3-4-15(13)20-16/h3-4,7,9-11,16H,5-6,8H2,1-2H3. The first-order chi connectivity index (χ1) is 9.52. The molecule has 1 aromatic rings. The first-order valence-corrected chi connectivity index (χ1v) is 7.97. The van der Waals surface area contributed by atoms with Crippen LogP contribution in [0.1, 0.15) is 43.5 Å². The van der Waals surface area contributed by atoms with Crippen molar-refractivity contribution in [2.24, 2.45) is 5.92 Å². The van der Waals surface area contributed by atoms with Crippen LogP contribution in [-0.4, -0.2) is 24.1 Å². The molecule has 0 bridgehead atoms. The maximum atomic E-state index is 12.3. The van der Waals surface area contributed by atoms with Gasteiger partial charge in [-0.3, -0.25) is 4.79 Å². The lowest BCUT2D eigenvalue weighted by atomic mass is 9.83. The molecule has 0 aromatic heterocycles. The summed E-state index contributed by atoms with van der Waals surface area (Å²) in [6, 6.07) is 5.66. The fourth-order valence-electron chi connectivity index (χ4n) is 3.34. The quantitative estimate of drug-likeness (QED) is 0.776. The van der Waals surface area contributed by atoms with Gasteiger partial charge >= 0.3 is 0 Å². The fourth-order valence-corrected chi connectivity index (χ4v) is 3.70. The number of benzene rings is 1. The Bertz CT molecular complexity index is 518. The predicted octanol–water partition coefficient (Wildman–Crippen LogP) is 3.99. The van der Waals surface area contributed by atoms with Crippen molar-refractivity contribution in [3.63, 3.8) is 0 Å². The van der Waals surface area contributed by atoms with Gasteiger partial charge in [-0.05, 0) is 44.9 Å². The van der Waals surface area contributed by atoms with E-state index in [9.17, 15) is 4.79 Å². The Morgan fingerprint density at radius 2 is 1.90 bits per heavy atom. The number of halogens is 1. The maximum Gasteiger partial charge on any atom is 0.170 e. The van der Waals surface area contributed by atoms with Gasteiger partial charge in [0.05, 0.1) is 17.8 Å². The number of Topliss-reactive ketones (excluding diaryl/α,β-unsaturated/α-hetero) is 1. The molecule has 3 nitrogen and oxygen atoms in total. The zero-order valence-electron chi connectivity index (χ0n) is 11.8. The second-order valence-corrected chi connectivity index (χ2v) is 6.83. The van der Waals surface area contributed by atoms with Gasteiger partial charge in [0, 0.05) is 16.8 Å². The summed E-state index contributed by atoms with van der Waals surface area (Å²) in [6.45, 7) is 4.19. The molecular formula is C16H19BrO3. The van der Waals surface area contributed by atoms with Crippen LogP contribution in [0.25, 0.3) is 0 Å². The average molecular weight is 339 g/mol. The minimum atomic E-state index is -0.00928. The monoisotopic (exact) mass is 338 g/mol. The van der Waals surface area contributed by atoms with E-state index in [0.29, 0.717) is 17.9 Å². The molecule has 20 heavy (non-hydrogen) atoms. The van der Waals surface area contributed by atoms with Crippen molar-refractivity contribution in [3.8, 4) is 5.75 Å². The van der Waals surface area contributed by atoms with Crippen LogP contribution in [0.4, 0.5) is 0 Å². The summed E-state index contributed by atoms with van der Waals surface area (Å²) in [5.41, 5.74) is 0.698. The predicted molar refractivity (Wildman–Crippen MR) is 80.2 cm³/mol. The van der Waals surface area contributed by atoms with Crippen LogP contribution in [0.2, 0.25) is 0 Å². The molecule has 1 aromatic carbocycles. The van der Waals surface area contributed by atoms with Crippen LogP contribution in [0.15, 0.2) is 22.7 Å². The Labute approximate surface area is 127 Å². The van der Waals surface area contributed by atoms with Crippen molar-refractivity contribution < 1.29 is 14.3 Å². The number of ether oxygens (including phenoxy) is 2. The molecule has 0 radical (unpaired) electrons. The largest absolute Gasteiger partial charge is 0.489 e. The smallest absolute Gasteiger partial charge is 0.170 e. The Morgan fingerprint density at radius 3 is 2.60 bits per heavy atom. The van der Waals surface area contributed by atoms with Crippen molar-refractivity contribution in [2.75, 3.05) is 0 Å². The van der Waals surface area contributed by atoms with Gasteiger partial charge in [0.1, 0.15) is 11.9 Å². The van der Waals surface area contributed by atoms with E-state index in [2.05, 4.69) is 29.8 Å². The highest BCUT2D eigenvalue weighted by molar-refractivity contribution is 9.10. The van der Waals surface area contributed by atoms with Crippen molar-refractivity contribution in [2.45, 2.75) is 51.4 Å². The van der Waals surface area contributed by atoms with Crippen LogP contribution in [0, 0.1) is 5.92 Å². The molecule has 0 spiro atoms. The highest BCUT2D eigenvalue weighted by Crippen LogP contribution is 2.37. The summed E-state index contributed by atoms with van der Waals surface area (Å²) in [5, 5.41) is 0. The topological polar surface area (TPSA) is 35.5 Å². The Balaban J connectivity index is 1.81. The molecule has 0 N–H and O–H groups in total. The fraction of sp³-hybridized carbons (Fsp3) is 0.562. The molecule has 3 rings (SSSR count). The molecule has 0 amide bonds. The minimum absolute atomic E-state index is 0.00928. The Kier molecular flexibility index (Phi) is 3.87. The number of hydrogen-bond donors (Lipinski definition) is 0. The average Bonchev–Trinajstić information content (AvgIpc) is 2.38. The van der Waals surface area contributed by atoms with E-state index < -0.39 is 0 Å². The molecule has 0 aliphatic carbocycles. The summed E-state index contributed by atoms with van der Waals surface area (Å²) in [6.07, 6.45) is 2.89. The van der Waals surface area contributed by atoms with Crippen molar-refractivity contribution in [3.05, 3.63) is 28.2 Å². The van der Waals surface area contributed by atoms with Gasteiger partial charge in [0.25, 0.3) is 0 Å². The lowest BCUT2D eigenvalue weighted by molar-refractivity contribution is -0.0750. The highest BCUT2D eigenvalue weighted by Gasteiger charge is 2.36. The van der Waals surface area contributed by atoms with Gasteiger partial charge in [0.2, 0.25) is 0 Å². The lowest BCUT2D eigenvalue weighted by Gasteiger charge is -2.38. The summed E-state index contributed by atoms with van der Waals surface area (Å²) in [5.74, 6) is 1.31. The lowest BCUT2D eigenvalue weighted by Crippen LogP contribution is -2.41. The normalized spacial score (nSPS) is 33.5. The zero-order valence-corrected chi connectivity index (χ0v) is 13.4. The zero-order chi connectivity index (χ0) is 14.3. The molecule has 0 saturated carbocycles. The second kappa shape index (κ2) is 5.49. The third-order valence-electron chi connectivity index (χ3n) is 4.17. The Morgan fingerprint density at radius 1 is 1.20 bits per heavy atom. The highest BCUT2D eigenvalue weighted by atomic mass is 79.9. The van der Waals surface area contributed by atoms with Crippen LogP contribution < -0.4 is 4.74 Å². The number of ketones is 1. The number of carbonyl (C=O) groups excluding carboxylic acids is 1. The maximum absolute atomic E-state index is 12.3. The van der Waals surface area contributed by atoms with Gasteiger partial charge in [-0.1, -0.05) is 15.9 Å².